The molecule has 0 spiro atoms. The minimum Gasteiger partial charge on any atom is -0.491 e. The molecule has 4 bridgehead atoms. The zero-order chi connectivity index (χ0) is 27.9. The molecule has 1 heterocycles. The fourth-order valence-electron chi connectivity index (χ4n) is 3.49. The number of ether oxygens (including phenoxy) is 10. The highest BCUT2D eigenvalue weighted by Crippen LogP contribution is 2.24. The minimum atomic E-state index is 0.428. The van der Waals surface area contributed by atoms with E-state index in [1.165, 1.54) is 0 Å². The average molecular weight is 630 g/mol. The number of alkyl halides is 1. The van der Waals surface area contributed by atoms with Crippen LogP contribution in [-0.4, -0.2) is 106 Å². The van der Waals surface area contributed by atoms with Crippen molar-refractivity contribution in [2.45, 2.75) is 5.33 Å². The second kappa shape index (κ2) is 21.6. The van der Waals surface area contributed by atoms with Gasteiger partial charge >= 0.3 is 0 Å². The maximum Gasteiger partial charge on any atom is 0.123 e. The third-order valence-corrected chi connectivity index (χ3v) is 6.02. The first-order valence-corrected chi connectivity index (χ1v) is 14.7. The summed E-state index contributed by atoms with van der Waals surface area (Å²) in [5, 5.41) is 0.698. The first kappa shape index (κ1) is 32.4. The Labute approximate surface area is 245 Å². The number of fused-ring (bicyclic) bond motifs is 4. The van der Waals surface area contributed by atoms with E-state index in [1.54, 1.807) is 0 Å². The van der Waals surface area contributed by atoms with Crippen molar-refractivity contribution in [2.24, 2.45) is 0 Å². The van der Waals surface area contributed by atoms with Gasteiger partial charge in [-0.15, -0.1) is 0 Å². The molecule has 0 amide bonds. The molecule has 0 aromatic heterocycles. The molecule has 2 aromatic rings. The number of hydrogen-bond donors (Lipinski definition) is 0. The van der Waals surface area contributed by atoms with Crippen molar-refractivity contribution in [2.75, 3.05) is 106 Å². The largest absolute Gasteiger partial charge is 0.491 e. The highest BCUT2D eigenvalue weighted by Gasteiger charge is 2.04. The van der Waals surface area contributed by atoms with Crippen LogP contribution in [0.4, 0.5) is 0 Å². The molecule has 0 radical (unpaired) electrons. The van der Waals surface area contributed by atoms with Gasteiger partial charge in [0, 0.05) is 17.5 Å². The molecule has 0 saturated carbocycles. The molecular formula is C29H41BrO10. The summed E-state index contributed by atoms with van der Waals surface area (Å²) in [6.45, 7) is 7.48. The molecule has 1 aliphatic heterocycles. The quantitative estimate of drug-likeness (QED) is 0.433. The molecule has 0 aliphatic carbocycles. The summed E-state index contributed by atoms with van der Waals surface area (Å²) in [7, 11) is 0. The smallest absolute Gasteiger partial charge is 0.123 e. The van der Waals surface area contributed by atoms with E-state index in [0.717, 1.165) is 28.6 Å². The third kappa shape index (κ3) is 15.0. The van der Waals surface area contributed by atoms with Crippen LogP contribution < -0.4 is 18.9 Å². The van der Waals surface area contributed by atoms with Gasteiger partial charge in [-0.25, -0.2) is 0 Å². The van der Waals surface area contributed by atoms with Gasteiger partial charge in [0.1, 0.15) is 49.4 Å². The lowest BCUT2D eigenvalue weighted by molar-refractivity contribution is 0.00434. The molecule has 0 N–H and O–H groups in total. The molecule has 40 heavy (non-hydrogen) atoms. The van der Waals surface area contributed by atoms with Gasteiger partial charge in [-0.05, 0) is 29.8 Å². The van der Waals surface area contributed by atoms with E-state index >= 15 is 0 Å². The third-order valence-electron chi connectivity index (χ3n) is 5.37. The van der Waals surface area contributed by atoms with E-state index < -0.39 is 0 Å². The first-order chi connectivity index (χ1) is 19.8. The summed E-state index contributed by atoms with van der Waals surface area (Å²) in [5.41, 5.74) is 1.06. The summed E-state index contributed by atoms with van der Waals surface area (Å²) in [4.78, 5) is 0. The average Bonchev–Trinajstić information content (AvgIpc) is 2.97. The lowest BCUT2D eigenvalue weighted by Gasteiger charge is -2.12. The lowest BCUT2D eigenvalue weighted by Crippen LogP contribution is -2.15. The van der Waals surface area contributed by atoms with Gasteiger partial charge in [0.2, 0.25) is 0 Å². The highest BCUT2D eigenvalue weighted by molar-refractivity contribution is 9.08. The van der Waals surface area contributed by atoms with Crippen molar-refractivity contribution in [1.29, 1.82) is 0 Å². The Bertz CT molecular complexity index is 853. The monoisotopic (exact) mass is 628 g/mol. The second-order valence-corrected chi connectivity index (χ2v) is 9.05. The Morgan fingerprint density at radius 3 is 1.05 bits per heavy atom. The summed E-state index contributed by atoms with van der Waals surface area (Å²) < 4.78 is 56.6. The number of hydrogen-bond acceptors (Lipinski definition) is 10. The molecule has 0 unspecified atom stereocenters. The van der Waals surface area contributed by atoms with E-state index in [9.17, 15) is 0 Å². The molecule has 0 saturated heterocycles. The van der Waals surface area contributed by atoms with Crippen LogP contribution in [0.25, 0.3) is 0 Å². The summed E-state index contributed by atoms with van der Waals surface area (Å²) in [6.07, 6.45) is 0. The fourth-order valence-corrected chi connectivity index (χ4v) is 3.81. The normalized spacial score (nSPS) is 18.8. The Kier molecular flexibility index (Phi) is 17.5. The van der Waals surface area contributed by atoms with Gasteiger partial charge in [-0.2, -0.15) is 0 Å². The molecule has 0 atom stereocenters. The summed E-state index contributed by atoms with van der Waals surface area (Å²) >= 11 is 3.50. The van der Waals surface area contributed by atoms with Crippen LogP contribution in [0.2, 0.25) is 0 Å². The van der Waals surface area contributed by atoms with Crippen LogP contribution in [0, 0.1) is 0 Å². The van der Waals surface area contributed by atoms with Crippen LogP contribution in [0.15, 0.2) is 42.5 Å². The van der Waals surface area contributed by atoms with Gasteiger partial charge in [0.25, 0.3) is 0 Å². The van der Waals surface area contributed by atoms with Crippen LogP contribution in [-0.2, 0) is 33.8 Å². The minimum absolute atomic E-state index is 0.428. The topological polar surface area (TPSA) is 92.3 Å². The van der Waals surface area contributed by atoms with Crippen LogP contribution in [0.3, 0.4) is 0 Å². The number of rotatable bonds is 1. The SMILES string of the molecule is BrCc1cc2cc(c1)OCCOCCOCCOCCOc1cccc(c1)OCCOCCOCCOCCO2. The predicted molar refractivity (Wildman–Crippen MR) is 152 cm³/mol. The van der Waals surface area contributed by atoms with E-state index in [0.29, 0.717) is 111 Å². The zero-order valence-corrected chi connectivity index (χ0v) is 24.6. The molecule has 224 valence electrons. The van der Waals surface area contributed by atoms with E-state index in [2.05, 4.69) is 15.9 Å². The van der Waals surface area contributed by atoms with Gasteiger partial charge in [-0.3, -0.25) is 0 Å². The van der Waals surface area contributed by atoms with E-state index in [1.807, 2.05) is 42.5 Å². The number of halogens is 1. The van der Waals surface area contributed by atoms with Crippen molar-refractivity contribution in [3.8, 4) is 23.0 Å². The standard InChI is InChI=1S/C29H41BrO10/c30-24-25-20-28-23-29(21-25)40-19-15-36-11-7-32-5-9-34-13-17-38-27-3-1-2-26(22-27)37-16-12-33-8-4-31-6-10-35-14-18-39-28/h1-3,20-23H,4-19,24H2. The lowest BCUT2D eigenvalue weighted by atomic mass is 10.2. The molecule has 3 rings (SSSR count). The molecule has 1 aliphatic rings. The van der Waals surface area contributed by atoms with Crippen LogP contribution >= 0.6 is 15.9 Å². The van der Waals surface area contributed by atoms with Gasteiger partial charge in [-0.1, -0.05) is 22.0 Å². The maximum absolute atomic E-state index is 5.85. The second-order valence-electron chi connectivity index (χ2n) is 8.49. The van der Waals surface area contributed by atoms with E-state index in [-0.39, 0.29) is 0 Å². The van der Waals surface area contributed by atoms with Crippen molar-refractivity contribution in [3.63, 3.8) is 0 Å². The molecule has 11 heteroatoms. The molecular weight excluding hydrogens is 588 g/mol. The molecule has 10 nitrogen and oxygen atoms in total. The van der Waals surface area contributed by atoms with E-state index in [4.69, 9.17) is 47.4 Å². The van der Waals surface area contributed by atoms with Gasteiger partial charge < -0.3 is 47.4 Å². The zero-order valence-electron chi connectivity index (χ0n) is 23.0. The predicted octanol–water partition coefficient (Wildman–Crippen LogP) is 3.91. The Balaban J connectivity index is 1.38. The van der Waals surface area contributed by atoms with Gasteiger partial charge in [0.15, 0.2) is 0 Å². The summed E-state index contributed by atoms with van der Waals surface area (Å²) in [6, 6.07) is 13.3. The van der Waals surface area contributed by atoms with Crippen molar-refractivity contribution in [3.05, 3.63) is 48.0 Å². The fraction of sp³-hybridized carbons (Fsp3) is 0.586. The van der Waals surface area contributed by atoms with Gasteiger partial charge in [0.05, 0.1) is 79.3 Å². The Hall–Kier alpha value is -2.12. The van der Waals surface area contributed by atoms with Crippen molar-refractivity contribution in [1.82, 2.24) is 0 Å². The van der Waals surface area contributed by atoms with Crippen molar-refractivity contribution >= 4 is 15.9 Å². The highest BCUT2D eigenvalue weighted by atomic mass is 79.9. The first-order valence-electron chi connectivity index (χ1n) is 13.6. The Morgan fingerprint density at radius 1 is 0.400 bits per heavy atom. The Morgan fingerprint density at radius 2 is 0.700 bits per heavy atom. The summed E-state index contributed by atoms with van der Waals surface area (Å²) in [5.74, 6) is 2.91. The maximum atomic E-state index is 5.85. The van der Waals surface area contributed by atoms with Crippen LogP contribution in [0.1, 0.15) is 5.56 Å². The van der Waals surface area contributed by atoms with Crippen LogP contribution in [0.5, 0.6) is 23.0 Å². The number of benzene rings is 2. The van der Waals surface area contributed by atoms with Crippen molar-refractivity contribution < 1.29 is 47.4 Å². The molecule has 2 aromatic carbocycles. The molecule has 0 fully saturated rings.